The molecular formula is C17H24ClNO2S. The first kappa shape index (κ1) is 19.0. The molecule has 0 aliphatic rings. The summed E-state index contributed by atoms with van der Waals surface area (Å²) < 4.78 is 5.67. The van der Waals surface area contributed by atoms with Crippen molar-refractivity contribution in [2.45, 2.75) is 32.9 Å². The number of hydrogen-bond acceptors (Lipinski definition) is 4. The Labute approximate surface area is 142 Å². The van der Waals surface area contributed by atoms with Crippen LogP contribution in [0, 0.1) is 13.8 Å². The SMILES string of the molecule is Cc1cc(C)cc(OCC(O)CNC(C)c2cccs2)c1.Cl. The van der Waals surface area contributed by atoms with Crippen molar-refractivity contribution >= 4 is 23.7 Å². The molecule has 2 aromatic rings. The molecule has 2 atom stereocenters. The average molecular weight is 342 g/mol. The zero-order valence-corrected chi connectivity index (χ0v) is 14.8. The second-order valence-electron chi connectivity index (χ2n) is 5.43. The van der Waals surface area contributed by atoms with Crippen LogP contribution in [0.2, 0.25) is 0 Å². The normalized spacial score (nSPS) is 13.3. The van der Waals surface area contributed by atoms with Crippen LogP contribution in [0.4, 0.5) is 0 Å². The first-order valence-electron chi connectivity index (χ1n) is 7.20. The molecule has 0 amide bonds. The van der Waals surface area contributed by atoms with E-state index in [1.54, 1.807) is 11.3 Å². The van der Waals surface area contributed by atoms with Crippen LogP contribution in [-0.4, -0.2) is 24.4 Å². The third kappa shape index (κ3) is 5.97. The lowest BCUT2D eigenvalue weighted by Gasteiger charge is -2.17. The Kier molecular flexibility index (Phi) is 7.90. The number of ether oxygens (including phenoxy) is 1. The van der Waals surface area contributed by atoms with Crippen LogP contribution in [0.3, 0.4) is 0 Å². The van der Waals surface area contributed by atoms with Gasteiger partial charge in [0, 0.05) is 17.5 Å². The van der Waals surface area contributed by atoms with E-state index in [1.807, 2.05) is 32.0 Å². The van der Waals surface area contributed by atoms with Crippen LogP contribution >= 0.6 is 23.7 Å². The van der Waals surface area contributed by atoms with Gasteiger partial charge in [-0.25, -0.2) is 0 Å². The highest BCUT2D eigenvalue weighted by Crippen LogP contribution is 2.18. The van der Waals surface area contributed by atoms with Gasteiger partial charge in [0.15, 0.2) is 0 Å². The van der Waals surface area contributed by atoms with Gasteiger partial charge >= 0.3 is 0 Å². The maximum atomic E-state index is 10.0. The molecule has 1 aromatic heterocycles. The van der Waals surface area contributed by atoms with Crippen molar-refractivity contribution in [1.82, 2.24) is 5.32 Å². The largest absolute Gasteiger partial charge is 0.491 e. The van der Waals surface area contributed by atoms with E-state index in [4.69, 9.17) is 4.74 Å². The summed E-state index contributed by atoms with van der Waals surface area (Å²) >= 11 is 1.72. The number of halogens is 1. The summed E-state index contributed by atoms with van der Waals surface area (Å²) in [6, 6.07) is 10.5. The number of hydrogen-bond donors (Lipinski definition) is 2. The molecule has 0 saturated carbocycles. The lowest BCUT2D eigenvalue weighted by atomic mass is 10.1. The van der Waals surface area contributed by atoms with Crippen molar-refractivity contribution in [3.63, 3.8) is 0 Å². The van der Waals surface area contributed by atoms with E-state index in [2.05, 4.69) is 29.8 Å². The summed E-state index contributed by atoms with van der Waals surface area (Å²) in [4.78, 5) is 1.28. The Balaban J connectivity index is 0.00000242. The molecule has 22 heavy (non-hydrogen) atoms. The van der Waals surface area contributed by atoms with Gasteiger partial charge < -0.3 is 15.2 Å². The van der Waals surface area contributed by atoms with Gasteiger partial charge in [-0.3, -0.25) is 0 Å². The third-order valence-electron chi connectivity index (χ3n) is 3.27. The van der Waals surface area contributed by atoms with E-state index in [1.165, 1.54) is 16.0 Å². The summed E-state index contributed by atoms with van der Waals surface area (Å²) in [5, 5.41) is 15.4. The fourth-order valence-corrected chi connectivity index (χ4v) is 2.98. The molecule has 122 valence electrons. The predicted molar refractivity (Wildman–Crippen MR) is 95.4 cm³/mol. The summed E-state index contributed by atoms with van der Waals surface area (Å²) in [7, 11) is 0. The fourth-order valence-electron chi connectivity index (χ4n) is 2.22. The number of nitrogens with one attached hydrogen (secondary N) is 1. The molecule has 0 aliphatic carbocycles. The maximum absolute atomic E-state index is 10.0. The number of aliphatic hydroxyl groups excluding tert-OH is 1. The third-order valence-corrected chi connectivity index (χ3v) is 4.32. The molecule has 2 rings (SSSR count). The molecule has 5 heteroatoms. The average Bonchev–Trinajstić information content (AvgIpc) is 2.95. The molecular weight excluding hydrogens is 318 g/mol. The van der Waals surface area contributed by atoms with Gasteiger partial charge in [-0.2, -0.15) is 0 Å². The standard InChI is InChI=1S/C17H23NO2S.ClH/c1-12-7-13(2)9-16(8-12)20-11-15(19)10-18-14(3)17-5-4-6-21-17;/h4-9,14-15,18-19H,10-11H2,1-3H3;1H. The number of aliphatic hydroxyl groups is 1. The topological polar surface area (TPSA) is 41.5 Å². The van der Waals surface area contributed by atoms with Gasteiger partial charge in [0.25, 0.3) is 0 Å². The van der Waals surface area contributed by atoms with Crippen LogP contribution in [0.5, 0.6) is 5.75 Å². The molecule has 1 aromatic carbocycles. The van der Waals surface area contributed by atoms with Crippen molar-refractivity contribution in [1.29, 1.82) is 0 Å². The number of aryl methyl sites for hydroxylation is 2. The summed E-state index contributed by atoms with van der Waals surface area (Å²) in [5.74, 6) is 0.817. The first-order chi connectivity index (χ1) is 10.0. The highest BCUT2D eigenvalue weighted by molar-refractivity contribution is 7.10. The van der Waals surface area contributed by atoms with Crippen LogP contribution in [0.15, 0.2) is 35.7 Å². The van der Waals surface area contributed by atoms with E-state index in [0.717, 1.165) is 5.75 Å². The molecule has 1 heterocycles. The zero-order chi connectivity index (χ0) is 15.2. The molecule has 0 bridgehead atoms. The van der Waals surface area contributed by atoms with Crippen molar-refractivity contribution in [3.8, 4) is 5.75 Å². The molecule has 0 radical (unpaired) electrons. The number of thiophene rings is 1. The van der Waals surface area contributed by atoms with Gasteiger partial charge in [0.05, 0.1) is 0 Å². The van der Waals surface area contributed by atoms with Crippen molar-refractivity contribution in [2.24, 2.45) is 0 Å². The molecule has 2 unspecified atom stereocenters. The fraction of sp³-hybridized carbons (Fsp3) is 0.412. The quantitative estimate of drug-likeness (QED) is 0.803. The summed E-state index contributed by atoms with van der Waals surface area (Å²) in [6.45, 7) is 7.00. The Hall–Kier alpha value is -1.07. The van der Waals surface area contributed by atoms with Crippen molar-refractivity contribution in [2.75, 3.05) is 13.2 Å². The Morgan fingerprint density at radius 2 is 1.91 bits per heavy atom. The van der Waals surface area contributed by atoms with Crippen molar-refractivity contribution in [3.05, 3.63) is 51.7 Å². The minimum atomic E-state index is -0.520. The molecule has 0 spiro atoms. The van der Waals surface area contributed by atoms with Gasteiger partial charge in [-0.05, 0) is 55.5 Å². The highest BCUT2D eigenvalue weighted by atomic mass is 35.5. The lowest BCUT2D eigenvalue weighted by molar-refractivity contribution is 0.104. The van der Waals surface area contributed by atoms with Gasteiger partial charge in [-0.1, -0.05) is 12.1 Å². The Morgan fingerprint density at radius 3 is 2.50 bits per heavy atom. The van der Waals surface area contributed by atoms with Crippen LogP contribution < -0.4 is 10.1 Å². The van der Waals surface area contributed by atoms with Gasteiger partial charge in [0.2, 0.25) is 0 Å². The minimum Gasteiger partial charge on any atom is -0.491 e. The van der Waals surface area contributed by atoms with Crippen molar-refractivity contribution < 1.29 is 9.84 Å². The number of rotatable bonds is 7. The Bertz CT molecular complexity index is 540. The lowest BCUT2D eigenvalue weighted by Crippen LogP contribution is -2.32. The monoisotopic (exact) mass is 341 g/mol. The van der Waals surface area contributed by atoms with E-state index in [9.17, 15) is 5.11 Å². The minimum absolute atomic E-state index is 0. The van der Waals surface area contributed by atoms with Crippen LogP contribution in [0.25, 0.3) is 0 Å². The Morgan fingerprint density at radius 1 is 1.23 bits per heavy atom. The predicted octanol–water partition coefficient (Wildman–Crippen LogP) is 3.88. The smallest absolute Gasteiger partial charge is 0.119 e. The highest BCUT2D eigenvalue weighted by Gasteiger charge is 2.10. The van der Waals surface area contributed by atoms with Crippen LogP contribution in [0.1, 0.15) is 29.0 Å². The zero-order valence-electron chi connectivity index (χ0n) is 13.2. The summed E-state index contributed by atoms with van der Waals surface area (Å²) in [6.07, 6.45) is -0.520. The molecule has 0 fully saturated rings. The second kappa shape index (κ2) is 9.16. The van der Waals surface area contributed by atoms with E-state index in [-0.39, 0.29) is 18.4 Å². The molecule has 2 N–H and O–H groups in total. The van der Waals surface area contributed by atoms with Gasteiger partial charge in [0.1, 0.15) is 18.5 Å². The number of benzene rings is 1. The molecule has 0 aliphatic heterocycles. The van der Waals surface area contributed by atoms with E-state index < -0.39 is 6.10 Å². The van der Waals surface area contributed by atoms with Gasteiger partial charge in [-0.15, -0.1) is 23.7 Å². The first-order valence-corrected chi connectivity index (χ1v) is 8.08. The van der Waals surface area contributed by atoms with E-state index >= 15 is 0 Å². The maximum Gasteiger partial charge on any atom is 0.119 e. The second-order valence-corrected chi connectivity index (χ2v) is 6.41. The van der Waals surface area contributed by atoms with E-state index in [0.29, 0.717) is 13.2 Å². The molecule has 0 saturated heterocycles. The summed E-state index contributed by atoms with van der Waals surface area (Å²) in [5.41, 5.74) is 2.34. The molecule has 3 nitrogen and oxygen atoms in total. The van der Waals surface area contributed by atoms with Crippen LogP contribution in [-0.2, 0) is 0 Å².